The summed E-state index contributed by atoms with van der Waals surface area (Å²) in [4.78, 5) is 5.13. The molecule has 0 aromatic heterocycles. The van der Waals surface area contributed by atoms with E-state index in [-0.39, 0.29) is 0 Å². The van der Waals surface area contributed by atoms with Gasteiger partial charge in [-0.15, -0.1) is 0 Å². The van der Waals surface area contributed by atoms with Gasteiger partial charge >= 0.3 is 0 Å². The highest BCUT2D eigenvalue weighted by Crippen LogP contribution is 2.27. The van der Waals surface area contributed by atoms with E-state index in [0.29, 0.717) is 0 Å². The van der Waals surface area contributed by atoms with Crippen molar-refractivity contribution in [3.8, 4) is 0 Å². The summed E-state index contributed by atoms with van der Waals surface area (Å²) >= 11 is 0. The van der Waals surface area contributed by atoms with Gasteiger partial charge in [-0.3, -0.25) is 9.80 Å². The Morgan fingerprint density at radius 2 is 1.86 bits per heavy atom. The maximum atomic E-state index is 5.40. The summed E-state index contributed by atoms with van der Waals surface area (Å²) < 4.78 is 5.40. The number of likely N-dealkylation sites (N-methyl/N-ethyl adjacent to an activating group) is 1. The van der Waals surface area contributed by atoms with Crippen molar-refractivity contribution < 1.29 is 4.74 Å². The molecule has 2 heterocycles. The SMILES string of the molecule is CCOCCN1CC2CCC(C1)N2C. The molecule has 2 fully saturated rings. The molecule has 0 aliphatic carbocycles. The van der Waals surface area contributed by atoms with Crippen LogP contribution in [0.3, 0.4) is 0 Å². The molecule has 2 atom stereocenters. The minimum atomic E-state index is 0.815. The quantitative estimate of drug-likeness (QED) is 0.622. The van der Waals surface area contributed by atoms with Crippen molar-refractivity contribution >= 4 is 0 Å². The van der Waals surface area contributed by atoms with Gasteiger partial charge in [0.1, 0.15) is 0 Å². The maximum absolute atomic E-state index is 5.40. The second kappa shape index (κ2) is 4.60. The summed E-state index contributed by atoms with van der Waals surface area (Å²) in [6.07, 6.45) is 2.79. The predicted molar refractivity (Wildman–Crippen MR) is 57.5 cm³/mol. The summed E-state index contributed by atoms with van der Waals surface area (Å²) in [5.41, 5.74) is 0. The molecule has 0 radical (unpaired) electrons. The second-order valence-corrected chi connectivity index (χ2v) is 4.51. The second-order valence-electron chi connectivity index (χ2n) is 4.51. The maximum Gasteiger partial charge on any atom is 0.0593 e. The summed E-state index contributed by atoms with van der Waals surface area (Å²) in [7, 11) is 2.28. The van der Waals surface area contributed by atoms with Gasteiger partial charge in [-0.05, 0) is 26.8 Å². The minimum absolute atomic E-state index is 0.815. The van der Waals surface area contributed by atoms with Crippen molar-refractivity contribution in [2.75, 3.05) is 39.9 Å². The normalized spacial score (nSPS) is 33.9. The summed E-state index contributed by atoms with van der Waals surface area (Å²) in [5, 5.41) is 0. The Labute approximate surface area is 87.0 Å². The first kappa shape index (κ1) is 10.4. The van der Waals surface area contributed by atoms with Crippen LogP contribution in [0.4, 0.5) is 0 Å². The fourth-order valence-corrected chi connectivity index (χ4v) is 2.72. The minimum Gasteiger partial charge on any atom is -0.380 e. The van der Waals surface area contributed by atoms with Gasteiger partial charge in [0, 0.05) is 38.3 Å². The summed E-state index contributed by atoms with van der Waals surface area (Å²) in [6.45, 7) is 7.43. The zero-order valence-corrected chi connectivity index (χ0v) is 9.41. The largest absolute Gasteiger partial charge is 0.380 e. The molecule has 2 bridgehead atoms. The lowest BCUT2D eigenvalue weighted by Gasteiger charge is -2.38. The number of likely N-dealkylation sites (tertiary alicyclic amines) is 1. The highest BCUT2D eigenvalue weighted by Gasteiger charge is 2.36. The van der Waals surface area contributed by atoms with Crippen LogP contribution in [0.15, 0.2) is 0 Å². The van der Waals surface area contributed by atoms with E-state index >= 15 is 0 Å². The fraction of sp³-hybridized carbons (Fsp3) is 1.00. The molecule has 14 heavy (non-hydrogen) atoms. The first-order valence-electron chi connectivity index (χ1n) is 5.83. The molecule has 3 heteroatoms. The molecule has 0 N–H and O–H groups in total. The van der Waals surface area contributed by atoms with Gasteiger partial charge in [-0.1, -0.05) is 0 Å². The monoisotopic (exact) mass is 198 g/mol. The van der Waals surface area contributed by atoms with Crippen molar-refractivity contribution in [2.24, 2.45) is 0 Å². The Bertz CT molecular complexity index is 172. The lowest BCUT2D eigenvalue weighted by atomic mass is 10.2. The molecule has 2 rings (SSSR count). The van der Waals surface area contributed by atoms with E-state index < -0.39 is 0 Å². The van der Waals surface area contributed by atoms with Gasteiger partial charge in [-0.25, -0.2) is 0 Å². The molecule has 0 saturated carbocycles. The lowest BCUT2D eigenvalue weighted by Crippen LogP contribution is -2.52. The van der Waals surface area contributed by atoms with Gasteiger partial charge in [-0.2, -0.15) is 0 Å². The smallest absolute Gasteiger partial charge is 0.0593 e. The molecule has 2 aliphatic heterocycles. The van der Waals surface area contributed by atoms with E-state index in [1.54, 1.807) is 0 Å². The number of nitrogens with zero attached hydrogens (tertiary/aromatic N) is 2. The molecule has 2 unspecified atom stereocenters. The summed E-state index contributed by atoms with van der Waals surface area (Å²) in [6, 6.07) is 1.63. The number of piperazine rings is 1. The van der Waals surface area contributed by atoms with Gasteiger partial charge < -0.3 is 4.74 Å². The van der Waals surface area contributed by atoms with Gasteiger partial charge in [0.05, 0.1) is 6.61 Å². The summed E-state index contributed by atoms with van der Waals surface area (Å²) in [5.74, 6) is 0. The Hall–Kier alpha value is -0.120. The average molecular weight is 198 g/mol. The zero-order valence-electron chi connectivity index (χ0n) is 9.41. The van der Waals surface area contributed by atoms with Crippen LogP contribution in [-0.2, 0) is 4.74 Å². The van der Waals surface area contributed by atoms with Crippen LogP contribution < -0.4 is 0 Å². The van der Waals surface area contributed by atoms with Crippen molar-refractivity contribution in [2.45, 2.75) is 31.8 Å². The highest BCUT2D eigenvalue weighted by atomic mass is 16.5. The van der Waals surface area contributed by atoms with E-state index in [9.17, 15) is 0 Å². The number of fused-ring (bicyclic) bond motifs is 2. The molecular formula is C11H22N2O. The van der Waals surface area contributed by atoms with E-state index in [2.05, 4.69) is 23.8 Å². The molecule has 82 valence electrons. The van der Waals surface area contributed by atoms with E-state index in [0.717, 1.165) is 31.8 Å². The predicted octanol–water partition coefficient (Wildman–Crippen LogP) is 0.801. The van der Waals surface area contributed by atoms with Crippen LogP contribution in [0, 0.1) is 0 Å². The number of hydrogen-bond acceptors (Lipinski definition) is 3. The van der Waals surface area contributed by atoms with Crippen LogP contribution >= 0.6 is 0 Å². The van der Waals surface area contributed by atoms with Crippen molar-refractivity contribution in [3.05, 3.63) is 0 Å². The van der Waals surface area contributed by atoms with Gasteiger partial charge in [0.25, 0.3) is 0 Å². The van der Waals surface area contributed by atoms with Crippen LogP contribution in [0.1, 0.15) is 19.8 Å². The van der Waals surface area contributed by atoms with Crippen molar-refractivity contribution in [3.63, 3.8) is 0 Å². The molecule has 3 nitrogen and oxygen atoms in total. The van der Waals surface area contributed by atoms with Crippen molar-refractivity contribution in [1.82, 2.24) is 9.80 Å². The van der Waals surface area contributed by atoms with E-state index in [1.165, 1.54) is 25.9 Å². The topological polar surface area (TPSA) is 15.7 Å². The van der Waals surface area contributed by atoms with Crippen molar-refractivity contribution in [1.29, 1.82) is 0 Å². The van der Waals surface area contributed by atoms with Crippen LogP contribution in [0.5, 0.6) is 0 Å². The molecular weight excluding hydrogens is 176 g/mol. The average Bonchev–Trinajstić information content (AvgIpc) is 2.41. The highest BCUT2D eigenvalue weighted by molar-refractivity contribution is 4.93. The molecule has 2 saturated heterocycles. The zero-order chi connectivity index (χ0) is 9.97. The third-order valence-electron chi connectivity index (χ3n) is 3.68. The van der Waals surface area contributed by atoms with Crippen LogP contribution in [0.2, 0.25) is 0 Å². The molecule has 0 aromatic rings. The number of ether oxygens (including phenoxy) is 1. The van der Waals surface area contributed by atoms with E-state index in [1.807, 2.05) is 0 Å². The Morgan fingerprint density at radius 3 is 2.43 bits per heavy atom. The molecule has 0 amide bonds. The lowest BCUT2D eigenvalue weighted by molar-refractivity contribution is 0.0562. The third kappa shape index (κ3) is 2.10. The Kier molecular flexibility index (Phi) is 3.42. The van der Waals surface area contributed by atoms with Gasteiger partial charge in [0.2, 0.25) is 0 Å². The Balaban J connectivity index is 1.76. The molecule has 2 aliphatic rings. The number of hydrogen-bond donors (Lipinski definition) is 0. The standard InChI is InChI=1S/C11H22N2O/c1-3-14-7-6-13-8-10-4-5-11(9-13)12(10)2/h10-11H,3-9H2,1-2H3. The molecule has 0 spiro atoms. The van der Waals surface area contributed by atoms with E-state index in [4.69, 9.17) is 4.74 Å². The fourth-order valence-electron chi connectivity index (χ4n) is 2.72. The first-order chi connectivity index (χ1) is 6.81. The number of rotatable bonds is 4. The van der Waals surface area contributed by atoms with Crippen LogP contribution in [0.25, 0.3) is 0 Å². The third-order valence-corrected chi connectivity index (χ3v) is 3.68. The Morgan fingerprint density at radius 1 is 1.21 bits per heavy atom. The van der Waals surface area contributed by atoms with Crippen LogP contribution in [-0.4, -0.2) is 61.8 Å². The molecule has 0 aromatic carbocycles. The van der Waals surface area contributed by atoms with Gasteiger partial charge in [0.15, 0.2) is 0 Å². The first-order valence-corrected chi connectivity index (χ1v) is 5.83.